The van der Waals surface area contributed by atoms with Gasteiger partial charge >= 0.3 is 5.69 Å². The fraction of sp³-hybridized carbons (Fsp3) is 0.286. The Kier molecular flexibility index (Phi) is 4.64. The topological polar surface area (TPSA) is 68.3 Å². The zero-order valence-corrected chi connectivity index (χ0v) is 11.3. The highest BCUT2D eigenvalue weighted by Gasteiger charge is 2.18. The van der Waals surface area contributed by atoms with Gasteiger partial charge in [0.2, 0.25) is 5.82 Å². The lowest BCUT2D eigenvalue weighted by molar-refractivity contribution is -0.387. The summed E-state index contributed by atoms with van der Waals surface area (Å²) in [6.07, 6.45) is 2.16. The molecule has 5 nitrogen and oxygen atoms in total. The van der Waals surface area contributed by atoms with E-state index in [2.05, 4.69) is 5.32 Å². The number of nitrogens with one attached hydrogen (secondary N) is 1. The molecule has 1 N–H and O–H groups in total. The average molecular weight is 296 g/mol. The molecule has 1 aromatic heterocycles. The molecule has 0 aliphatic carbocycles. The van der Waals surface area contributed by atoms with Gasteiger partial charge in [0.25, 0.3) is 0 Å². The van der Waals surface area contributed by atoms with Crippen molar-refractivity contribution in [2.24, 2.45) is 0 Å². The van der Waals surface area contributed by atoms with Crippen molar-refractivity contribution in [3.63, 3.8) is 0 Å². The van der Waals surface area contributed by atoms with Crippen LogP contribution >= 0.6 is 0 Å². The molecule has 7 heteroatoms. The van der Waals surface area contributed by atoms with Crippen molar-refractivity contribution in [3.05, 3.63) is 63.6 Å². The molecule has 1 heterocycles. The quantitative estimate of drug-likeness (QED) is 0.656. The van der Waals surface area contributed by atoms with Gasteiger partial charge in [-0.2, -0.15) is 4.39 Å². The number of rotatable bonds is 6. The first-order chi connectivity index (χ1) is 9.97. The van der Waals surface area contributed by atoms with Gasteiger partial charge in [-0.15, -0.1) is 0 Å². The molecular formula is C14H14F2N2O3. The van der Waals surface area contributed by atoms with Crippen LogP contribution in [0.5, 0.6) is 0 Å². The molecule has 0 fully saturated rings. The van der Waals surface area contributed by atoms with Crippen LogP contribution in [0, 0.1) is 21.7 Å². The number of hydrogen-bond acceptors (Lipinski definition) is 4. The Morgan fingerprint density at radius 1 is 1.38 bits per heavy atom. The van der Waals surface area contributed by atoms with Gasteiger partial charge in [0.15, 0.2) is 0 Å². The number of furan rings is 1. The van der Waals surface area contributed by atoms with Crippen LogP contribution in [0.1, 0.15) is 18.2 Å². The van der Waals surface area contributed by atoms with Crippen molar-refractivity contribution in [2.75, 3.05) is 0 Å². The summed E-state index contributed by atoms with van der Waals surface area (Å²) in [7, 11) is 0. The SMILES string of the molecule is CC(Cc1ccco1)NCc1cc([N+](=O)[O-])c(F)cc1F. The molecule has 0 aliphatic heterocycles. The summed E-state index contributed by atoms with van der Waals surface area (Å²) < 4.78 is 32.0. The molecule has 1 aromatic carbocycles. The molecule has 112 valence electrons. The van der Waals surface area contributed by atoms with Gasteiger partial charge in [-0.1, -0.05) is 0 Å². The first-order valence-electron chi connectivity index (χ1n) is 6.35. The van der Waals surface area contributed by atoms with Crippen LogP contribution in [-0.4, -0.2) is 11.0 Å². The predicted octanol–water partition coefficient (Wildman–Crippen LogP) is 3.19. The zero-order valence-electron chi connectivity index (χ0n) is 11.3. The molecular weight excluding hydrogens is 282 g/mol. The Bertz CT molecular complexity index is 629. The Morgan fingerprint density at radius 2 is 2.14 bits per heavy atom. The summed E-state index contributed by atoms with van der Waals surface area (Å²) in [6, 6.07) is 5.01. The highest BCUT2D eigenvalue weighted by molar-refractivity contribution is 5.37. The van der Waals surface area contributed by atoms with Gasteiger partial charge in [-0.3, -0.25) is 10.1 Å². The van der Waals surface area contributed by atoms with Gasteiger partial charge in [-0.05, 0) is 19.1 Å². The fourth-order valence-electron chi connectivity index (χ4n) is 1.94. The number of nitro benzene ring substituents is 1. The normalized spacial score (nSPS) is 12.3. The Balaban J connectivity index is 2.02. The second kappa shape index (κ2) is 6.45. The van der Waals surface area contributed by atoms with Crippen LogP contribution in [-0.2, 0) is 13.0 Å². The van der Waals surface area contributed by atoms with Crippen LogP contribution in [0.3, 0.4) is 0 Å². The summed E-state index contributed by atoms with van der Waals surface area (Å²) in [6.45, 7) is 1.94. The molecule has 2 aromatic rings. The maximum absolute atomic E-state index is 13.6. The fourth-order valence-corrected chi connectivity index (χ4v) is 1.94. The summed E-state index contributed by atoms with van der Waals surface area (Å²) >= 11 is 0. The zero-order chi connectivity index (χ0) is 15.4. The molecule has 0 bridgehead atoms. The standard InChI is InChI=1S/C14H14F2N2O3/c1-9(5-11-3-2-4-21-11)17-8-10-6-14(18(19)20)13(16)7-12(10)15/h2-4,6-7,9,17H,5,8H2,1H3. The number of halogens is 2. The monoisotopic (exact) mass is 296 g/mol. The van der Waals surface area contributed by atoms with Crippen LogP contribution in [0.15, 0.2) is 34.9 Å². The van der Waals surface area contributed by atoms with E-state index < -0.39 is 22.2 Å². The van der Waals surface area contributed by atoms with E-state index in [1.54, 1.807) is 12.3 Å². The maximum Gasteiger partial charge on any atom is 0.305 e. The van der Waals surface area contributed by atoms with Crippen LogP contribution < -0.4 is 5.32 Å². The third-order valence-corrected chi connectivity index (χ3v) is 3.04. The molecule has 2 rings (SSSR count). The maximum atomic E-state index is 13.6. The summed E-state index contributed by atoms with van der Waals surface area (Å²) in [4.78, 5) is 9.77. The lowest BCUT2D eigenvalue weighted by Crippen LogP contribution is -2.27. The summed E-state index contributed by atoms with van der Waals surface area (Å²) in [5.74, 6) is -1.21. The number of benzene rings is 1. The van der Waals surface area contributed by atoms with Crippen molar-refractivity contribution >= 4 is 5.69 Å². The van der Waals surface area contributed by atoms with E-state index in [0.29, 0.717) is 12.5 Å². The molecule has 0 aliphatic rings. The van der Waals surface area contributed by atoms with Gasteiger partial charge in [0.05, 0.1) is 11.2 Å². The summed E-state index contributed by atoms with van der Waals surface area (Å²) in [5, 5.41) is 13.7. The lowest BCUT2D eigenvalue weighted by Gasteiger charge is -2.13. The van der Waals surface area contributed by atoms with E-state index in [9.17, 15) is 18.9 Å². The number of hydrogen-bond donors (Lipinski definition) is 1. The van der Waals surface area contributed by atoms with Crippen LogP contribution in [0.4, 0.5) is 14.5 Å². The van der Waals surface area contributed by atoms with Gasteiger partial charge in [0, 0.05) is 36.7 Å². The van der Waals surface area contributed by atoms with Gasteiger partial charge in [0.1, 0.15) is 11.6 Å². The van der Waals surface area contributed by atoms with Gasteiger partial charge in [-0.25, -0.2) is 4.39 Å². The van der Waals surface area contributed by atoms with Crippen molar-refractivity contribution in [1.29, 1.82) is 0 Å². The van der Waals surface area contributed by atoms with E-state index in [1.807, 2.05) is 13.0 Å². The third-order valence-electron chi connectivity index (χ3n) is 3.04. The van der Waals surface area contributed by atoms with Crippen molar-refractivity contribution in [3.8, 4) is 0 Å². The molecule has 0 radical (unpaired) electrons. The Labute approximate surface area is 119 Å². The van der Waals surface area contributed by atoms with Crippen LogP contribution in [0.25, 0.3) is 0 Å². The third kappa shape index (κ3) is 3.85. The molecule has 0 amide bonds. The first kappa shape index (κ1) is 15.1. The van der Waals surface area contributed by atoms with E-state index in [4.69, 9.17) is 4.42 Å². The number of nitrogens with zero attached hydrogens (tertiary/aromatic N) is 1. The van der Waals surface area contributed by atoms with E-state index in [0.717, 1.165) is 11.8 Å². The largest absolute Gasteiger partial charge is 0.469 e. The number of nitro groups is 1. The minimum atomic E-state index is -1.18. The van der Waals surface area contributed by atoms with Crippen molar-refractivity contribution < 1.29 is 18.1 Å². The highest BCUT2D eigenvalue weighted by atomic mass is 19.1. The highest BCUT2D eigenvalue weighted by Crippen LogP contribution is 2.21. The lowest BCUT2D eigenvalue weighted by atomic mass is 10.1. The molecule has 0 saturated heterocycles. The second-order valence-electron chi connectivity index (χ2n) is 4.72. The first-order valence-corrected chi connectivity index (χ1v) is 6.35. The second-order valence-corrected chi connectivity index (χ2v) is 4.72. The molecule has 21 heavy (non-hydrogen) atoms. The van der Waals surface area contributed by atoms with E-state index >= 15 is 0 Å². The molecule has 0 spiro atoms. The minimum absolute atomic E-state index is 0.0281. The molecule has 0 saturated carbocycles. The summed E-state index contributed by atoms with van der Waals surface area (Å²) in [5.41, 5.74) is -0.679. The Hall–Kier alpha value is -2.28. The average Bonchev–Trinajstić information content (AvgIpc) is 2.90. The van der Waals surface area contributed by atoms with E-state index in [-0.39, 0.29) is 18.2 Å². The smallest absolute Gasteiger partial charge is 0.305 e. The van der Waals surface area contributed by atoms with Crippen molar-refractivity contribution in [1.82, 2.24) is 5.32 Å². The molecule has 1 atom stereocenters. The van der Waals surface area contributed by atoms with Crippen LogP contribution in [0.2, 0.25) is 0 Å². The minimum Gasteiger partial charge on any atom is -0.469 e. The van der Waals surface area contributed by atoms with Gasteiger partial charge < -0.3 is 9.73 Å². The van der Waals surface area contributed by atoms with Crippen molar-refractivity contribution in [2.45, 2.75) is 25.9 Å². The predicted molar refractivity (Wildman–Crippen MR) is 71.7 cm³/mol. The van der Waals surface area contributed by atoms with E-state index in [1.165, 1.54) is 0 Å². The molecule has 1 unspecified atom stereocenters. The Morgan fingerprint density at radius 3 is 2.76 bits per heavy atom.